The molecular formula is C22H28N4O3. The van der Waals surface area contributed by atoms with Crippen molar-refractivity contribution < 1.29 is 14.3 Å². The maximum atomic E-state index is 13.1. The van der Waals surface area contributed by atoms with Crippen molar-refractivity contribution in [2.24, 2.45) is 5.92 Å². The average molecular weight is 396 g/mol. The molecule has 7 nitrogen and oxygen atoms in total. The van der Waals surface area contributed by atoms with E-state index in [1.807, 2.05) is 44.5 Å². The number of hydrogen-bond acceptors (Lipinski definition) is 5. The van der Waals surface area contributed by atoms with Crippen molar-refractivity contribution in [3.8, 4) is 11.3 Å². The van der Waals surface area contributed by atoms with Crippen molar-refractivity contribution >= 4 is 16.9 Å². The maximum absolute atomic E-state index is 13.1. The molecule has 4 rings (SSSR count). The van der Waals surface area contributed by atoms with Crippen LogP contribution >= 0.6 is 0 Å². The Morgan fingerprint density at radius 1 is 1.34 bits per heavy atom. The van der Waals surface area contributed by atoms with Crippen LogP contribution in [0.3, 0.4) is 0 Å². The summed E-state index contributed by atoms with van der Waals surface area (Å²) < 4.78 is 7.51. The van der Waals surface area contributed by atoms with Crippen molar-refractivity contribution in [2.45, 2.75) is 59.1 Å². The van der Waals surface area contributed by atoms with Crippen molar-refractivity contribution in [2.75, 3.05) is 6.54 Å². The van der Waals surface area contributed by atoms with Gasteiger partial charge < -0.3 is 14.8 Å². The van der Waals surface area contributed by atoms with E-state index >= 15 is 0 Å². The fraction of sp³-hybridized carbons (Fsp3) is 0.500. The molecular weight excluding hydrogens is 368 g/mol. The summed E-state index contributed by atoms with van der Waals surface area (Å²) in [6.45, 7) is 8.34. The predicted molar refractivity (Wildman–Crippen MR) is 111 cm³/mol. The van der Waals surface area contributed by atoms with E-state index in [1.54, 1.807) is 6.20 Å². The molecule has 0 aromatic carbocycles. The van der Waals surface area contributed by atoms with Gasteiger partial charge in [0.1, 0.15) is 11.5 Å². The minimum atomic E-state index is -0.330. The molecule has 0 bridgehead atoms. The fourth-order valence-corrected chi connectivity index (χ4v) is 4.18. The number of nitrogens with zero attached hydrogens (tertiary/aromatic N) is 3. The molecule has 0 saturated heterocycles. The summed E-state index contributed by atoms with van der Waals surface area (Å²) in [6, 6.07) is 3.87. The van der Waals surface area contributed by atoms with Crippen LogP contribution in [0.2, 0.25) is 0 Å². The molecule has 0 radical (unpaired) electrons. The molecule has 29 heavy (non-hydrogen) atoms. The summed E-state index contributed by atoms with van der Waals surface area (Å²) in [7, 11) is 0. The third kappa shape index (κ3) is 3.67. The molecule has 1 saturated carbocycles. The predicted octanol–water partition coefficient (Wildman–Crippen LogP) is 3.78. The second-order valence-corrected chi connectivity index (χ2v) is 8.27. The Kier molecular flexibility index (Phi) is 5.17. The molecule has 3 heterocycles. The number of amides is 1. The monoisotopic (exact) mass is 396 g/mol. The molecule has 0 unspecified atom stereocenters. The van der Waals surface area contributed by atoms with Gasteiger partial charge in [-0.05, 0) is 52.7 Å². The van der Waals surface area contributed by atoms with Crippen LogP contribution in [0.15, 0.2) is 22.7 Å². The number of pyridine rings is 1. The van der Waals surface area contributed by atoms with E-state index in [0.717, 1.165) is 41.7 Å². The fourth-order valence-electron chi connectivity index (χ4n) is 4.18. The lowest BCUT2D eigenvalue weighted by Gasteiger charge is -2.16. The molecule has 3 aromatic heterocycles. The number of furan rings is 1. The van der Waals surface area contributed by atoms with Crippen molar-refractivity contribution in [1.82, 2.24) is 20.1 Å². The highest BCUT2D eigenvalue weighted by molar-refractivity contribution is 6.06. The van der Waals surface area contributed by atoms with Crippen LogP contribution in [0.4, 0.5) is 0 Å². The highest BCUT2D eigenvalue weighted by Crippen LogP contribution is 2.30. The average Bonchev–Trinajstić information content (AvgIpc) is 3.37. The van der Waals surface area contributed by atoms with E-state index in [-0.39, 0.29) is 24.0 Å². The van der Waals surface area contributed by atoms with E-state index in [1.165, 1.54) is 0 Å². The number of aryl methyl sites for hydroxylation is 2. The van der Waals surface area contributed by atoms with Crippen LogP contribution in [0.25, 0.3) is 22.3 Å². The summed E-state index contributed by atoms with van der Waals surface area (Å²) >= 11 is 0. The number of aromatic nitrogens is 3. The molecule has 1 aliphatic rings. The van der Waals surface area contributed by atoms with Gasteiger partial charge in [0.05, 0.1) is 28.9 Å². The van der Waals surface area contributed by atoms with Gasteiger partial charge >= 0.3 is 0 Å². The Bertz CT molecular complexity index is 1050. The number of aliphatic hydroxyl groups excluding tert-OH is 1. The van der Waals surface area contributed by atoms with Gasteiger partial charge in [-0.2, -0.15) is 5.10 Å². The summed E-state index contributed by atoms with van der Waals surface area (Å²) in [5, 5.41) is 18.2. The first-order valence-electron chi connectivity index (χ1n) is 10.3. The van der Waals surface area contributed by atoms with E-state index < -0.39 is 0 Å². The van der Waals surface area contributed by atoms with Crippen molar-refractivity contribution in [1.29, 1.82) is 0 Å². The number of rotatable bonds is 5. The SMILES string of the molecule is Cc1cc(-c2cc(C(=O)NC[C@H]3CCC[C@@H]3O)c3cnn(C(C)C)c3n2)c(C)o1. The summed E-state index contributed by atoms with van der Waals surface area (Å²) in [4.78, 5) is 17.9. The van der Waals surface area contributed by atoms with Crippen molar-refractivity contribution in [3.63, 3.8) is 0 Å². The van der Waals surface area contributed by atoms with Crippen LogP contribution in [-0.4, -0.2) is 38.4 Å². The van der Waals surface area contributed by atoms with E-state index in [2.05, 4.69) is 10.4 Å². The molecule has 7 heteroatoms. The molecule has 154 valence electrons. The lowest BCUT2D eigenvalue weighted by atomic mass is 10.0. The maximum Gasteiger partial charge on any atom is 0.252 e. The number of nitrogens with one attached hydrogen (secondary N) is 1. The molecule has 1 amide bonds. The van der Waals surface area contributed by atoms with Crippen LogP contribution < -0.4 is 5.32 Å². The quantitative estimate of drug-likeness (QED) is 0.685. The largest absolute Gasteiger partial charge is 0.466 e. The highest BCUT2D eigenvalue weighted by atomic mass is 16.3. The molecule has 1 aliphatic carbocycles. The minimum absolute atomic E-state index is 0.118. The molecule has 0 aliphatic heterocycles. The molecule has 1 fully saturated rings. The smallest absolute Gasteiger partial charge is 0.252 e. The van der Waals surface area contributed by atoms with E-state index in [4.69, 9.17) is 9.40 Å². The van der Waals surface area contributed by atoms with Gasteiger partial charge in [-0.15, -0.1) is 0 Å². The number of aliphatic hydroxyl groups is 1. The zero-order chi connectivity index (χ0) is 20.7. The Morgan fingerprint density at radius 2 is 2.14 bits per heavy atom. The van der Waals surface area contributed by atoms with Gasteiger partial charge in [-0.3, -0.25) is 4.79 Å². The Hall–Kier alpha value is -2.67. The lowest BCUT2D eigenvalue weighted by molar-refractivity contribution is 0.0918. The third-order valence-corrected chi connectivity index (χ3v) is 5.76. The number of fused-ring (bicyclic) bond motifs is 1. The molecule has 0 spiro atoms. The Morgan fingerprint density at radius 3 is 2.76 bits per heavy atom. The highest BCUT2D eigenvalue weighted by Gasteiger charge is 2.26. The second kappa shape index (κ2) is 7.63. The summed E-state index contributed by atoms with van der Waals surface area (Å²) in [5.41, 5.74) is 2.80. The van der Waals surface area contributed by atoms with Crippen LogP contribution in [-0.2, 0) is 0 Å². The first kappa shape index (κ1) is 19.6. The first-order chi connectivity index (χ1) is 13.8. The van der Waals surface area contributed by atoms with Crippen LogP contribution in [0.5, 0.6) is 0 Å². The van der Waals surface area contributed by atoms with Crippen molar-refractivity contribution in [3.05, 3.63) is 35.4 Å². The normalized spacial score (nSPS) is 19.4. The number of carbonyl (C=O) groups excluding carboxylic acids is 1. The second-order valence-electron chi connectivity index (χ2n) is 8.27. The van der Waals surface area contributed by atoms with Gasteiger partial charge in [0.25, 0.3) is 5.91 Å². The minimum Gasteiger partial charge on any atom is -0.466 e. The first-order valence-corrected chi connectivity index (χ1v) is 10.3. The van der Waals surface area contributed by atoms with Crippen LogP contribution in [0.1, 0.15) is 61.0 Å². The van der Waals surface area contributed by atoms with Crippen LogP contribution in [0, 0.1) is 19.8 Å². The van der Waals surface area contributed by atoms with E-state index in [0.29, 0.717) is 23.4 Å². The number of hydrogen-bond donors (Lipinski definition) is 2. The molecule has 2 N–H and O–H groups in total. The van der Waals surface area contributed by atoms with Gasteiger partial charge in [0, 0.05) is 24.1 Å². The Balaban J connectivity index is 1.75. The molecule has 3 aromatic rings. The molecule has 2 atom stereocenters. The summed E-state index contributed by atoms with van der Waals surface area (Å²) in [5.74, 6) is 1.52. The number of carbonyl (C=O) groups is 1. The van der Waals surface area contributed by atoms with Gasteiger partial charge in [-0.1, -0.05) is 6.42 Å². The topological polar surface area (TPSA) is 93.2 Å². The Labute approximate surface area is 170 Å². The van der Waals surface area contributed by atoms with Gasteiger partial charge in [0.15, 0.2) is 5.65 Å². The van der Waals surface area contributed by atoms with Gasteiger partial charge in [0.2, 0.25) is 0 Å². The standard InChI is InChI=1S/C22H28N4O3/c1-12(2)26-21-18(11-24-26)17(22(28)23-10-15-6-5-7-20(15)27)9-19(25-21)16-8-13(3)29-14(16)4/h8-9,11-12,15,20,27H,5-7,10H2,1-4H3,(H,23,28)/t15-,20+/m1/s1. The van der Waals surface area contributed by atoms with E-state index in [9.17, 15) is 9.90 Å². The zero-order valence-electron chi connectivity index (χ0n) is 17.4. The lowest BCUT2D eigenvalue weighted by Crippen LogP contribution is -2.32. The third-order valence-electron chi connectivity index (χ3n) is 5.76. The van der Waals surface area contributed by atoms with Gasteiger partial charge in [-0.25, -0.2) is 9.67 Å². The zero-order valence-corrected chi connectivity index (χ0v) is 17.4. The summed E-state index contributed by atoms with van der Waals surface area (Å²) in [6.07, 6.45) is 4.13.